The van der Waals surface area contributed by atoms with Gasteiger partial charge in [-0.2, -0.15) is 0 Å². The van der Waals surface area contributed by atoms with Crippen LogP contribution >= 0.6 is 23.2 Å². The SMILES string of the molecule is Cc1ccc(CNc2ccc(Cl)c(Cl)c2)cc1[N+](=O)[O-]. The Kier molecular flexibility index (Phi) is 4.47. The lowest BCUT2D eigenvalue weighted by atomic mass is 10.1. The van der Waals surface area contributed by atoms with Gasteiger partial charge < -0.3 is 5.32 Å². The van der Waals surface area contributed by atoms with Gasteiger partial charge in [0.25, 0.3) is 5.69 Å². The van der Waals surface area contributed by atoms with Crippen molar-refractivity contribution in [2.24, 2.45) is 0 Å². The van der Waals surface area contributed by atoms with Gasteiger partial charge in [0.1, 0.15) is 0 Å². The van der Waals surface area contributed by atoms with Gasteiger partial charge in [-0.1, -0.05) is 35.3 Å². The van der Waals surface area contributed by atoms with Crippen LogP contribution in [0.4, 0.5) is 11.4 Å². The maximum Gasteiger partial charge on any atom is 0.272 e. The molecule has 0 aliphatic carbocycles. The number of anilines is 1. The molecule has 4 nitrogen and oxygen atoms in total. The van der Waals surface area contributed by atoms with E-state index in [2.05, 4.69) is 5.32 Å². The summed E-state index contributed by atoms with van der Waals surface area (Å²) >= 11 is 11.8. The highest BCUT2D eigenvalue weighted by atomic mass is 35.5. The molecule has 0 saturated carbocycles. The van der Waals surface area contributed by atoms with E-state index in [1.54, 1.807) is 37.3 Å². The van der Waals surface area contributed by atoms with E-state index in [1.165, 1.54) is 0 Å². The molecule has 2 aromatic carbocycles. The Hall–Kier alpha value is -1.78. The highest BCUT2D eigenvalue weighted by Gasteiger charge is 2.10. The van der Waals surface area contributed by atoms with Gasteiger partial charge in [-0.3, -0.25) is 10.1 Å². The summed E-state index contributed by atoms with van der Waals surface area (Å²) in [5.41, 5.74) is 2.41. The third-order valence-corrected chi connectivity index (χ3v) is 3.63. The van der Waals surface area contributed by atoms with Gasteiger partial charge in [-0.15, -0.1) is 0 Å². The number of aryl methyl sites for hydroxylation is 1. The summed E-state index contributed by atoms with van der Waals surface area (Å²) in [5, 5.41) is 15.0. The molecule has 6 heteroatoms. The lowest BCUT2D eigenvalue weighted by Gasteiger charge is -2.08. The van der Waals surface area contributed by atoms with Crippen molar-refractivity contribution in [2.45, 2.75) is 13.5 Å². The van der Waals surface area contributed by atoms with Crippen LogP contribution in [0.5, 0.6) is 0 Å². The maximum atomic E-state index is 10.9. The molecule has 0 spiro atoms. The van der Waals surface area contributed by atoms with Gasteiger partial charge in [0, 0.05) is 23.9 Å². The Labute approximate surface area is 126 Å². The van der Waals surface area contributed by atoms with Crippen molar-refractivity contribution in [1.82, 2.24) is 0 Å². The smallest absolute Gasteiger partial charge is 0.272 e. The average Bonchev–Trinajstić information content (AvgIpc) is 2.41. The lowest BCUT2D eigenvalue weighted by Crippen LogP contribution is -2.01. The molecule has 0 aromatic heterocycles. The lowest BCUT2D eigenvalue weighted by molar-refractivity contribution is -0.385. The van der Waals surface area contributed by atoms with E-state index in [9.17, 15) is 10.1 Å². The van der Waals surface area contributed by atoms with Gasteiger partial charge in [-0.25, -0.2) is 0 Å². The topological polar surface area (TPSA) is 55.2 Å². The van der Waals surface area contributed by atoms with Crippen molar-refractivity contribution in [3.05, 3.63) is 67.7 Å². The van der Waals surface area contributed by atoms with Crippen LogP contribution in [0.25, 0.3) is 0 Å². The van der Waals surface area contributed by atoms with Crippen molar-refractivity contribution in [1.29, 1.82) is 0 Å². The molecular weight excluding hydrogens is 299 g/mol. The first kappa shape index (κ1) is 14.6. The monoisotopic (exact) mass is 310 g/mol. The molecule has 0 fully saturated rings. The summed E-state index contributed by atoms with van der Waals surface area (Å²) in [5.74, 6) is 0. The van der Waals surface area contributed by atoms with E-state index in [0.29, 0.717) is 22.2 Å². The molecule has 20 heavy (non-hydrogen) atoms. The quantitative estimate of drug-likeness (QED) is 0.650. The Morgan fingerprint density at radius 1 is 1.15 bits per heavy atom. The Bertz CT molecular complexity index is 660. The highest BCUT2D eigenvalue weighted by molar-refractivity contribution is 6.42. The van der Waals surface area contributed by atoms with E-state index >= 15 is 0 Å². The number of halogens is 2. The molecular formula is C14H12Cl2N2O2. The summed E-state index contributed by atoms with van der Waals surface area (Å²) in [7, 11) is 0. The fraction of sp³-hybridized carbons (Fsp3) is 0.143. The van der Waals surface area contributed by atoms with Crippen LogP contribution in [0.1, 0.15) is 11.1 Å². The number of nitrogens with zero attached hydrogens (tertiary/aromatic N) is 1. The predicted octanol–water partition coefficient (Wildman–Crippen LogP) is 4.82. The number of nitro benzene ring substituents is 1. The zero-order valence-electron chi connectivity index (χ0n) is 10.7. The molecule has 104 valence electrons. The van der Waals surface area contributed by atoms with Crippen molar-refractivity contribution in [3.63, 3.8) is 0 Å². The molecule has 2 aromatic rings. The summed E-state index contributed by atoms with van der Waals surface area (Å²) in [6.45, 7) is 2.19. The van der Waals surface area contributed by atoms with Gasteiger partial charge >= 0.3 is 0 Å². The van der Waals surface area contributed by atoms with Crippen LogP contribution in [0.3, 0.4) is 0 Å². The number of nitrogens with one attached hydrogen (secondary N) is 1. The minimum absolute atomic E-state index is 0.124. The van der Waals surface area contributed by atoms with E-state index in [0.717, 1.165) is 11.3 Å². The fourth-order valence-electron chi connectivity index (χ4n) is 1.77. The molecule has 0 heterocycles. The van der Waals surface area contributed by atoms with Crippen LogP contribution in [-0.4, -0.2) is 4.92 Å². The summed E-state index contributed by atoms with van der Waals surface area (Å²) in [4.78, 5) is 10.5. The molecule has 0 saturated heterocycles. The maximum absolute atomic E-state index is 10.9. The summed E-state index contributed by atoms with van der Waals surface area (Å²) < 4.78 is 0. The van der Waals surface area contributed by atoms with Crippen molar-refractivity contribution in [2.75, 3.05) is 5.32 Å². The number of hydrogen-bond donors (Lipinski definition) is 1. The number of benzene rings is 2. The molecule has 0 amide bonds. The standard InChI is InChI=1S/C14H12Cl2N2O2/c1-9-2-3-10(6-14(9)18(19)20)8-17-11-4-5-12(15)13(16)7-11/h2-7,17H,8H2,1H3. The Morgan fingerprint density at radius 3 is 2.55 bits per heavy atom. The van der Waals surface area contributed by atoms with E-state index in [-0.39, 0.29) is 10.6 Å². The molecule has 0 bridgehead atoms. The summed E-state index contributed by atoms with van der Waals surface area (Å²) in [6.07, 6.45) is 0. The van der Waals surface area contributed by atoms with Gasteiger partial charge in [0.05, 0.1) is 15.0 Å². The van der Waals surface area contributed by atoms with E-state index < -0.39 is 0 Å². The minimum atomic E-state index is -0.377. The fourth-order valence-corrected chi connectivity index (χ4v) is 2.07. The van der Waals surface area contributed by atoms with Crippen LogP contribution < -0.4 is 5.32 Å². The zero-order chi connectivity index (χ0) is 14.7. The second-order valence-corrected chi connectivity index (χ2v) is 5.17. The zero-order valence-corrected chi connectivity index (χ0v) is 12.2. The van der Waals surface area contributed by atoms with Crippen LogP contribution in [-0.2, 0) is 6.54 Å². The first-order valence-electron chi connectivity index (χ1n) is 5.90. The summed E-state index contributed by atoms with van der Waals surface area (Å²) in [6, 6.07) is 10.4. The second kappa shape index (κ2) is 6.11. The van der Waals surface area contributed by atoms with Gasteiger partial charge in [-0.05, 0) is 30.7 Å². The highest BCUT2D eigenvalue weighted by Crippen LogP contribution is 2.25. The molecule has 1 N–H and O–H groups in total. The van der Waals surface area contributed by atoms with Gasteiger partial charge in [0.15, 0.2) is 0 Å². The van der Waals surface area contributed by atoms with Gasteiger partial charge in [0.2, 0.25) is 0 Å². The predicted molar refractivity (Wildman–Crippen MR) is 81.6 cm³/mol. The van der Waals surface area contributed by atoms with Crippen molar-refractivity contribution >= 4 is 34.6 Å². The first-order chi connectivity index (χ1) is 9.47. The molecule has 2 rings (SSSR count). The van der Waals surface area contributed by atoms with Crippen molar-refractivity contribution in [3.8, 4) is 0 Å². The Balaban J connectivity index is 2.12. The first-order valence-corrected chi connectivity index (χ1v) is 6.66. The van der Waals surface area contributed by atoms with E-state index in [1.807, 2.05) is 6.07 Å². The second-order valence-electron chi connectivity index (χ2n) is 4.36. The normalized spacial score (nSPS) is 10.3. The van der Waals surface area contributed by atoms with E-state index in [4.69, 9.17) is 23.2 Å². The third kappa shape index (κ3) is 3.40. The molecule has 0 unspecified atom stereocenters. The van der Waals surface area contributed by atoms with Crippen LogP contribution in [0.15, 0.2) is 36.4 Å². The minimum Gasteiger partial charge on any atom is -0.381 e. The number of rotatable bonds is 4. The number of nitro groups is 1. The van der Waals surface area contributed by atoms with Crippen molar-refractivity contribution < 1.29 is 4.92 Å². The third-order valence-electron chi connectivity index (χ3n) is 2.89. The van der Waals surface area contributed by atoms with Crippen LogP contribution in [0, 0.1) is 17.0 Å². The molecule has 0 radical (unpaired) electrons. The molecule has 0 aliphatic heterocycles. The largest absolute Gasteiger partial charge is 0.381 e. The number of hydrogen-bond acceptors (Lipinski definition) is 3. The average molecular weight is 311 g/mol. The van der Waals surface area contributed by atoms with Crippen LogP contribution in [0.2, 0.25) is 10.0 Å². The molecule has 0 aliphatic rings. The Morgan fingerprint density at radius 2 is 1.90 bits per heavy atom. The molecule has 0 atom stereocenters.